The van der Waals surface area contributed by atoms with Crippen LogP contribution < -0.4 is 10.6 Å². The maximum atomic E-state index is 12.1. The summed E-state index contributed by atoms with van der Waals surface area (Å²) in [4.78, 5) is 13.4. The fraction of sp³-hybridized carbons (Fsp3) is 0.333. The molecule has 0 aromatic carbocycles. The molecule has 0 spiro atoms. The van der Waals surface area contributed by atoms with E-state index in [4.69, 9.17) is 0 Å². The van der Waals surface area contributed by atoms with Gasteiger partial charge in [-0.25, -0.2) is 0 Å². The van der Waals surface area contributed by atoms with Gasteiger partial charge < -0.3 is 10.6 Å². The Morgan fingerprint density at radius 3 is 2.89 bits per heavy atom. The van der Waals surface area contributed by atoms with E-state index in [1.165, 1.54) is 16.4 Å². The Hall–Kier alpha value is -0.920. The molecular weight excluding hydrogens is 346 g/mol. The van der Waals surface area contributed by atoms with Gasteiger partial charge >= 0.3 is 0 Å². The van der Waals surface area contributed by atoms with Crippen molar-refractivity contribution in [2.75, 3.05) is 18.9 Å². The average Bonchev–Trinajstić information content (AvgIpc) is 2.95. The molecule has 0 radical (unpaired) electrons. The molecule has 19 heavy (non-hydrogen) atoms. The standard InChI is InChI=1S/C12H14BrN3OS2/c1-7-10(12(14-2)19-16-7)11(17)15-6-5-8-3-4-9(13)18-8/h3-4,14H,5-6H2,1-2H3,(H,15,17). The zero-order valence-electron chi connectivity index (χ0n) is 10.6. The summed E-state index contributed by atoms with van der Waals surface area (Å²) in [6.45, 7) is 2.48. The zero-order valence-corrected chi connectivity index (χ0v) is 13.8. The first-order valence-electron chi connectivity index (χ1n) is 5.78. The van der Waals surface area contributed by atoms with Crippen LogP contribution in [0.2, 0.25) is 0 Å². The van der Waals surface area contributed by atoms with E-state index in [9.17, 15) is 4.79 Å². The average molecular weight is 360 g/mol. The summed E-state index contributed by atoms with van der Waals surface area (Å²) < 4.78 is 5.31. The van der Waals surface area contributed by atoms with Gasteiger partial charge in [0.1, 0.15) is 5.00 Å². The normalized spacial score (nSPS) is 10.5. The van der Waals surface area contributed by atoms with E-state index in [1.807, 2.05) is 13.0 Å². The first kappa shape index (κ1) is 14.5. The summed E-state index contributed by atoms with van der Waals surface area (Å²) in [6, 6.07) is 4.09. The number of halogens is 1. The number of hydrogen-bond acceptors (Lipinski definition) is 5. The lowest BCUT2D eigenvalue weighted by atomic mass is 10.2. The fourth-order valence-corrected chi connectivity index (χ4v) is 3.91. The lowest BCUT2D eigenvalue weighted by molar-refractivity contribution is 0.0954. The molecule has 0 saturated heterocycles. The van der Waals surface area contributed by atoms with Crippen LogP contribution >= 0.6 is 38.8 Å². The fourth-order valence-electron chi connectivity index (χ4n) is 1.68. The van der Waals surface area contributed by atoms with Gasteiger partial charge in [-0.1, -0.05) is 0 Å². The molecule has 2 N–H and O–H groups in total. The molecule has 1 amide bonds. The molecule has 0 aliphatic rings. The number of nitrogens with one attached hydrogen (secondary N) is 2. The van der Waals surface area contributed by atoms with Crippen molar-refractivity contribution in [3.05, 3.63) is 32.1 Å². The first-order chi connectivity index (χ1) is 9.11. The van der Waals surface area contributed by atoms with Crippen molar-refractivity contribution < 1.29 is 4.79 Å². The summed E-state index contributed by atoms with van der Waals surface area (Å²) in [5.41, 5.74) is 1.42. The number of carbonyl (C=O) groups is 1. The number of hydrogen-bond donors (Lipinski definition) is 2. The number of aromatic nitrogens is 1. The van der Waals surface area contributed by atoms with E-state index in [-0.39, 0.29) is 5.91 Å². The second-order valence-corrected chi connectivity index (χ2v) is 7.25. The molecule has 0 atom stereocenters. The van der Waals surface area contributed by atoms with Crippen LogP contribution in [-0.2, 0) is 6.42 Å². The number of amides is 1. The van der Waals surface area contributed by atoms with Crippen LogP contribution in [0, 0.1) is 6.92 Å². The number of nitrogens with zero attached hydrogens (tertiary/aromatic N) is 1. The highest BCUT2D eigenvalue weighted by molar-refractivity contribution is 9.11. The molecule has 2 aromatic rings. The van der Waals surface area contributed by atoms with Gasteiger partial charge in [0.2, 0.25) is 0 Å². The maximum Gasteiger partial charge on any atom is 0.256 e. The van der Waals surface area contributed by atoms with Crippen LogP contribution in [0.5, 0.6) is 0 Å². The van der Waals surface area contributed by atoms with Crippen LogP contribution in [0.3, 0.4) is 0 Å². The highest BCUT2D eigenvalue weighted by Gasteiger charge is 2.17. The molecule has 0 aliphatic heterocycles. The molecule has 2 aromatic heterocycles. The van der Waals surface area contributed by atoms with E-state index < -0.39 is 0 Å². The predicted octanol–water partition coefficient (Wildman–Crippen LogP) is 3.29. The van der Waals surface area contributed by atoms with E-state index in [0.717, 1.165) is 20.9 Å². The van der Waals surface area contributed by atoms with E-state index in [1.54, 1.807) is 18.4 Å². The largest absolute Gasteiger partial charge is 0.378 e. The highest BCUT2D eigenvalue weighted by atomic mass is 79.9. The third-order valence-corrected chi connectivity index (χ3v) is 5.24. The van der Waals surface area contributed by atoms with Gasteiger partial charge in [-0.3, -0.25) is 4.79 Å². The predicted molar refractivity (Wildman–Crippen MR) is 84.5 cm³/mol. The Bertz CT molecular complexity index is 579. The molecule has 0 saturated carbocycles. The second-order valence-electron chi connectivity index (χ2n) is 3.93. The number of rotatable bonds is 5. The number of anilines is 1. The van der Waals surface area contributed by atoms with Crippen LogP contribution in [0.1, 0.15) is 20.9 Å². The second kappa shape index (κ2) is 6.49. The number of aryl methyl sites for hydroxylation is 1. The van der Waals surface area contributed by atoms with Crippen molar-refractivity contribution >= 4 is 49.7 Å². The molecule has 0 aliphatic carbocycles. The van der Waals surface area contributed by atoms with Crippen LogP contribution in [0.25, 0.3) is 0 Å². The molecule has 7 heteroatoms. The molecule has 0 bridgehead atoms. The minimum Gasteiger partial charge on any atom is -0.378 e. The quantitative estimate of drug-likeness (QED) is 0.860. The molecule has 0 unspecified atom stereocenters. The molecule has 0 fully saturated rings. The van der Waals surface area contributed by atoms with Gasteiger partial charge in [0.25, 0.3) is 5.91 Å². The highest BCUT2D eigenvalue weighted by Crippen LogP contribution is 2.24. The van der Waals surface area contributed by atoms with Crippen LogP contribution in [0.15, 0.2) is 15.9 Å². The van der Waals surface area contributed by atoms with Crippen molar-refractivity contribution in [3.8, 4) is 0 Å². The van der Waals surface area contributed by atoms with Crippen LogP contribution in [0.4, 0.5) is 5.00 Å². The molecule has 2 rings (SSSR count). The number of carbonyl (C=O) groups excluding carboxylic acids is 1. The maximum absolute atomic E-state index is 12.1. The minimum atomic E-state index is -0.0637. The Morgan fingerprint density at radius 1 is 1.47 bits per heavy atom. The smallest absolute Gasteiger partial charge is 0.256 e. The number of thiophene rings is 1. The first-order valence-corrected chi connectivity index (χ1v) is 8.16. The van der Waals surface area contributed by atoms with Gasteiger partial charge in [0, 0.05) is 18.5 Å². The van der Waals surface area contributed by atoms with Crippen molar-refractivity contribution in [1.82, 2.24) is 9.69 Å². The Balaban J connectivity index is 1.92. The molecular formula is C12H14BrN3OS2. The Labute approximate surface area is 128 Å². The van der Waals surface area contributed by atoms with Crippen molar-refractivity contribution in [2.45, 2.75) is 13.3 Å². The summed E-state index contributed by atoms with van der Waals surface area (Å²) >= 11 is 6.43. The third-order valence-electron chi connectivity index (χ3n) is 2.60. The molecule has 4 nitrogen and oxygen atoms in total. The van der Waals surface area contributed by atoms with Gasteiger partial charge in [0.15, 0.2) is 0 Å². The summed E-state index contributed by atoms with van der Waals surface area (Å²) in [5, 5.41) is 6.75. The summed E-state index contributed by atoms with van der Waals surface area (Å²) in [7, 11) is 1.80. The van der Waals surface area contributed by atoms with Gasteiger partial charge in [-0.2, -0.15) is 4.37 Å². The SMILES string of the molecule is CNc1snc(C)c1C(=O)NCCc1ccc(Br)s1. The van der Waals surface area contributed by atoms with E-state index in [2.05, 4.69) is 37.0 Å². The summed E-state index contributed by atoms with van der Waals surface area (Å²) in [5.74, 6) is -0.0637. The monoisotopic (exact) mass is 359 g/mol. The van der Waals surface area contributed by atoms with Gasteiger partial charge in [-0.15, -0.1) is 11.3 Å². The van der Waals surface area contributed by atoms with E-state index >= 15 is 0 Å². The van der Waals surface area contributed by atoms with Crippen molar-refractivity contribution in [3.63, 3.8) is 0 Å². The lowest BCUT2D eigenvalue weighted by Crippen LogP contribution is -2.26. The van der Waals surface area contributed by atoms with Crippen molar-refractivity contribution in [2.24, 2.45) is 0 Å². The van der Waals surface area contributed by atoms with Crippen LogP contribution in [-0.4, -0.2) is 23.9 Å². The summed E-state index contributed by atoms with van der Waals surface area (Å²) in [6.07, 6.45) is 0.841. The Kier molecular flexibility index (Phi) is 4.95. The topological polar surface area (TPSA) is 54.0 Å². The van der Waals surface area contributed by atoms with Crippen molar-refractivity contribution in [1.29, 1.82) is 0 Å². The Morgan fingerprint density at radius 2 is 2.26 bits per heavy atom. The van der Waals surface area contributed by atoms with Gasteiger partial charge in [-0.05, 0) is 52.9 Å². The third kappa shape index (κ3) is 3.55. The van der Waals surface area contributed by atoms with Gasteiger partial charge in [0.05, 0.1) is 15.0 Å². The van der Waals surface area contributed by atoms with E-state index in [0.29, 0.717) is 12.1 Å². The zero-order chi connectivity index (χ0) is 13.8. The minimum absolute atomic E-state index is 0.0637. The molecule has 102 valence electrons. The lowest BCUT2D eigenvalue weighted by Gasteiger charge is -2.05. The molecule has 2 heterocycles.